The van der Waals surface area contributed by atoms with Gasteiger partial charge in [-0.3, -0.25) is 9.59 Å². The standard InChI is InChI=1S/C16H28O4/c1-6-19-15(20-7-2)14(18)12-10-11(16(3,4)5)8-9-13(12)17/h11-12,15H,6-10H2,1-5H3. The van der Waals surface area contributed by atoms with E-state index in [1.807, 2.05) is 13.8 Å². The van der Waals surface area contributed by atoms with E-state index in [1.54, 1.807) is 0 Å². The molecular formula is C16H28O4. The predicted molar refractivity (Wildman–Crippen MR) is 77.3 cm³/mol. The largest absolute Gasteiger partial charge is 0.346 e. The molecule has 0 aliphatic heterocycles. The van der Waals surface area contributed by atoms with Gasteiger partial charge >= 0.3 is 0 Å². The number of carbonyl (C=O) groups is 2. The highest BCUT2D eigenvalue weighted by atomic mass is 16.7. The summed E-state index contributed by atoms with van der Waals surface area (Å²) in [4.78, 5) is 24.6. The third kappa shape index (κ3) is 4.38. The van der Waals surface area contributed by atoms with Crippen LogP contribution in [0.3, 0.4) is 0 Å². The lowest BCUT2D eigenvalue weighted by molar-refractivity contribution is -0.174. The van der Waals surface area contributed by atoms with E-state index in [-0.39, 0.29) is 17.0 Å². The van der Waals surface area contributed by atoms with E-state index >= 15 is 0 Å². The molecule has 1 rings (SSSR count). The second kappa shape index (κ2) is 7.32. The van der Waals surface area contributed by atoms with Gasteiger partial charge in [-0.05, 0) is 38.0 Å². The van der Waals surface area contributed by atoms with E-state index in [1.165, 1.54) is 0 Å². The zero-order chi connectivity index (χ0) is 15.3. The van der Waals surface area contributed by atoms with Crippen molar-refractivity contribution in [3.8, 4) is 0 Å². The van der Waals surface area contributed by atoms with E-state index in [4.69, 9.17) is 9.47 Å². The van der Waals surface area contributed by atoms with Gasteiger partial charge in [0.15, 0.2) is 5.78 Å². The molecule has 1 aliphatic rings. The zero-order valence-electron chi connectivity index (χ0n) is 13.4. The van der Waals surface area contributed by atoms with Crippen LogP contribution >= 0.6 is 0 Å². The van der Waals surface area contributed by atoms with Crippen LogP contribution in [0, 0.1) is 17.3 Å². The maximum atomic E-state index is 12.5. The van der Waals surface area contributed by atoms with Crippen molar-refractivity contribution in [2.24, 2.45) is 17.3 Å². The number of hydrogen-bond acceptors (Lipinski definition) is 4. The Hall–Kier alpha value is -0.740. The molecule has 116 valence electrons. The molecule has 0 heterocycles. The van der Waals surface area contributed by atoms with E-state index in [0.29, 0.717) is 32.0 Å². The van der Waals surface area contributed by atoms with Crippen LogP contribution in [0.25, 0.3) is 0 Å². The normalized spacial score (nSPS) is 24.2. The van der Waals surface area contributed by atoms with Crippen LogP contribution in [-0.4, -0.2) is 31.1 Å². The Balaban J connectivity index is 2.79. The lowest BCUT2D eigenvalue weighted by Crippen LogP contribution is -2.42. The molecule has 2 unspecified atom stereocenters. The fourth-order valence-electron chi connectivity index (χ4n) is 2.77. The molecule has 4 nitrogen and oxygen atoms in total. The summed E-state index contributed by atoms with van der Waals surface area (Å²) in [7, 11) is 0. The summed E-state index contributed by atoms with van der Waals surface area (Å²) >= 11 is 0. The second-order valence-electron chi connectivity index (χ2n) is 6.50. The fraction of sp³-hybridized carbons (Fsp3) is 0.875. The minimum Gasteiger partial charge on any atom is -0.346 e. The van der Waals surface area contributed by atoms with Crippen molar-refractivity contribution in [3.63, 3.8) is 0 Å². The molecule has 0 aromatic heterocycles. The zero-order valence-corrected chi connectivity index (χ0v) is 13.4. The van der Waals surface area contributed by atoms with Gasteiger partial charge in [-0.2, -0.15) is 0 Å². The number of ether oxygens (including phenoxy) is 2. The van der Waals surface area contributed by atoms with Gasteiger partial charge in [-0.25, -0.2) is 0 Å². The van der Waals surface area contributed by atoms with E-state index in [2.05, 4.69) is 20.8 Å². The SMILES string of the molecule is CCOC(OCC)C(=O)C1CC(C(C)(C)C)CCC1=O. The van der Waals surface area contributed by atoms with Crippen molar-refractivity contribution in [1.82, 2.24) is 0 Å². The Bertz CT molecular complexity index is 337. The Morgan fingerprint density at radius 3 is 2.25 bits per heavy atom. The molecule has 0 saturated heterocycles. The number of Topliss-reactive ketones (excluding diaryl/α,β-unsaturated/α-hetero) is 2. The van der Waals surface area contributed by atoms with Crippen molar-refractivity contribution in [2.45, 2.75) is 60.2 Å². The van der Waals surface area contributed by atoms with Crippen LogP contribution in [0.15, 0.2) is 0 Å². The molecule has 1 aliphatic carbocycles. The van der Waals surface area contributed by atoms with Crippen molar-refractivity contribution < 1.29 is 19.1 Å². The predicted octanol–water partition coefficient (Wildman–Crippen LogP) is 2.99. The molecule has 0 radical (unpaired) electrons. The summed E-state index contributed by atoms with van der Waals surface area (Å²) in [5.41, 5.74) is 0.117. The molecule has 0 N–H and O–H groups in total. The van der Waals surface area contributed by atoms with Crippen LogP contribution in [0.2, 0.25) is 0 Å². The molecule has 1 saturated carbocycles. The topological polar surface area (TPSA) is 52.6 Å². The minimum atomic E-state index is -0.891. The fourth-order valence-corrected chi connectivity index (χ4v) is 2.77. The summed E-state index contributed by atoms with van der Waals surface area (Å²) in [6.07, 6.45) is 1.10. The van der Waals surface area contributed by atoms with Gasteiger partial charge in [-0.1, -0.05) is 20.8 Å². The average Bonchev–Trinajstić information content (AvgIpc) is 2.37. The molecule has 2 atom stereocenters. The first kappa shape index (κ1) is 17.3. The van der Waals surface area contributed by atoms with Crippen molar-refractivity contribution in [2.75, 3.05) is 13.2 Å². The van der Waals surface area contributed by atoms with Crippen LogP contribution in [-0.2, 0) is 19.1 Å². The lowest BCUT2D eigenvalue weighted by atomic mass is 9.68. The summed E-state index contributed by atoms with van der Waals surface area (Å²) in [6, 6.07) is 0. The Labute approximate surface area is 122 Å². The highest BCUT2D eigenvalue weighted by molar-refractivity contribution is 6.04. The van der Waals surface area contributed by atoms with Crippen molar-refractivity contribution in [3.05, 3.63) is 0 Å². The Morgan fingerprint density at radius 1 is 1.25 bits per heavy atom. The van der Waals surface area contributed by atoms with Gasteiger partial charge in [0.2, 0.25) is 6.29 Å². The quantitative estimate of drug-likeness (QED) is 0.556. The highest BCUT2D eigenvalue weighted by Gasteiger charge is 2.41. The van der Waals surface area contributed by atoms with Gasteiger partial charge in [0.05, 0.1) is 5.92 Å². The van der Waals surface area contributed by atoms with Gasteiger partial charge < -0.3 is 9.47 Å². The number of ketones is 2. The third-order valence-corrected chi connectivity index (χ3v) is 4.08. The van der Waals surface area contributed by atoms with Crippen LogP contribution < -0.4 is 0 Å². The van der Waals surface area contributed by atoms with Gasteiger partial charge in [0.1, 0.15) is 5.78 Å². The summed E-state index contributed by atoms with van der Waals surface area (Å²) in [5.74, 6) is -0.332. The maximum Gasteiger partial charge on any atom is 0.218 e. The Morgan fingerprint density at radius 2 is 1.80 bits per heavy atom. The van der Waals surface area contributed by atoms with Crippen LogP contribution in [0.5, 0.6) is 0 Å². The highest BCUT2D eigenvalue weighted by Crippen LogP contribution is 2.39. The molecule has 0 aromatic rings. The van der Waals surface area contributed by atoms with Crippen molar-refractivity contribution in [1.29, 1.82) is 0 Å². The summed E-state index contributed by atoms with van der Waals surface area (Å²) in [6.45, 7) is 10.9. The smallest absolute Gasteiger partial charge is 0.218 e. The van der Waals surface area contributed by atoms with E-state index in [9.17, 15) is 9.59 Å². The lowest BCUT2D eigenvalue weighted by Gasteiger charge is -2.37. The van der Waals surface area contributed by atoms with E-state index in [0.717, 1.165) is 6.42 Å². The monoisotopic (exact) mass is 284 g/mol. The van der Waals surface area contributed by atoms with Gasteiger partial charge in [0, 0.05) is 19.6 Å². The first-order valence-electron chi connectivity index (χ1n) is 7.60. The summed E-state index contributed by atoms with van der Waals surface area (Å²) < 4.78 is 10.7. The van der Waals surface area contributed by atoms with Gasteiger partial charge in [-0.15, -0.1) is 0 Å². The number of carbonyl (C=O) groups excluding carboxylic acids is 2. The summed E-state index contributed by atoms with van der Waals surface area (Å²) in [5, 5.41) is 0. The molecule has 0 spiro atoms. The average molecular weight is 284 g/mol. The molecule has 4 heteroatoms. The first-order valence-corrected chi connectivity index (χ1v) is 7.60. The molecule has 1 fully saturated rings. The number of hydrogen-bond donors (Lipinski definition) is 0. The third-order valence-electron chi connectivity index (χ3n) is 4.08. The minimum absolute atomic E-state index is 0.0416. The number of rotatable bonds is 6. The van der Waals surface area contributed by atoms with Crippen molar-refractivity contribution >= 4 is 11.6 Å². The molecule has 0 aromatic carbocycles. The molecule has 0 amide bonds. The second-order valence-corrected chi connectivity index (χ2v) is 6.50. The van der Waals surface area contributed by atoms with E-state index < -0.39 is 12.2 Å². The van der Waals surface area contributed by atoms with Crippen LogP contribution in [0.4, 0.5) is 0 Å². The Kier molecular flexibility index (Phi) is 6.34. The van der Waals surface area contributed by atoms with Gasteiger partial charge in [0.25, 0.3) is 0 Å². The molecule has 20 heavy (non-hydrogen) atoms. The first-order chi connectivity index (χ1) is 9.31. The molecular weight excluding hydrogens is 256 g/mol. The van der Waals surface area contributed by atoms with Crippen LogP contribution in [0.1, 0.15) is 53.9 Å². The maximum absolute atomic E-state index is 12.5. The molecule has 0 bridgehead atoms.